The largest absolute Gasteiger partial charge is 0.394 e. The van der Waals surface area contributed by atoms with E-state index in [1.165, 1.54) is 13.8 Å². The van der Waals surface area contributed by atoms with Crippen molar-refractivity contribution in [1.29, 1.82) is 0 Å². The number of hydrogen-bond donors (Lipinski definition) is 22. The van der Waals surface area contributed by atoms with Gasteiger partial charge in [0.15, 0.2) is 49.8 Å². The van der Waals surface area contributed by atoms with E-state index in [1.807, 2.05) is 6.92 Å². The molecule has 46 atom stereocenters. The molecule has 0 amide bonds. The molecular formula is C69H114O37. The fourth-order valence-electron chi connectivity index (χ4n) is 19.3. The molecule has 8 saturated heterocycles. The molecule has 0 aromatic rings. The van der Waals surface area contributed by atoms with E-state index in [1.54, 1.807) is 0 Å². The lowest BCUT2D eigenvalue weighted by Crippen LogP contribution is -2.67. The molecule has 11 fully saturated rings. The summed E-state index contributed by atoms with van der Waals surface area (Å²) in [5, 5.41) is 239. The van der Waals surface area contributed by atoms with Crippen LogP contribution in [0.5, 0.6) is 0 Å². The molecule has 0 aromatic carbocycles. The van der Waals surface area contributed by atoms with Gasteiger partial charge in [-0.1, -0.05) is 39.3 Å². The Morgan fingerprint density at radius 1 is 0.453 bits per heavy atom. The summed E-state index contributed by atoms with van der Waals surface area (Å²) in [4.78, 5) is 0. The van der Waals surface area contributed by atoms with Crippen LogP contribution in [-0.4, -0.2) is 385 Å². The second-order valence-electron chi connectivity index (χ2n) is 32.3. The molecule has 8 heterocycles. The third kappa shape index (κ3) is 15.7. The Morgan fingerprint density at radius 2 is 0.887 bits per heavy atom. The molecule has 0 bridgehead atoms. The Morgan fingerprint density at radius 3 is 1.43 bits per heavy atom. The van der Waals surface area contributed by atoms with Crippen molar-refractivity contribution in [1.82, 2.24) is 0 Å². The Bertz CT molecular complexity index is 2870. The van der Waals surface area contributed by atoms with Crippen LogP contribution < -0.4 is 0 Å². The zero-order valence-corrected chi connectivity index (χ0v) is 60.0. The van der Waals surface area contributed by atoms with E-state index >= 15 is 0 Å². The summed E-state index contributed by atoms with van der Waals surface area (Å²) in [7, 11) is 0. The molecule has 5 unspecified atom stereocenters. The highest BCUT2D eigenvalue weighted by molar-refractivity contribution is 5.27. The molecule has 4 aliphatic carbocycles. The van der Waals surface area contributed by atoms with Gasteiger partial charge in [0.05, 0.1) is 64.1 Å². The molecule has 0 radical (unpaired) electrons. The average molecular weight is 1540 g/mol. The van der Waals surface area contributed by atoms with Crippen molar-refractivity contribution < 1.29 is 183 Å². The minimum atomic E-state index is -2.12. The van der Waals surface area contributed by atoms with Gasteiger partial charge in [-0.05, 0) is 106 Å². The molecule has 37 heteroatoms. The standard InChI is InChI=1S/C69H114O37/c1-23(21-92-61-50(85)44(79)39(74)33(17-70)97-61)9-14-69(91)24(2)38-32(106-69)16-31-29-8-7-27-15-28(10-12-67(27,5)30(29)11-13-68(31,38)6)96-66-59(58(43(78)36(20-73)100-66)104-64-52(87)46(81)41(76)35(19-72)99-64)105-65-53(88)47(82)42(77)37(101-65)22-93-60-54(89)48(83)56(25(3)94-60)102-62-55(90)49(84)57(26(4)95-62)103-63-51(86)45(80)40(75)34(18-71)98-63/h7,23-26,28-66,70-91H,8-22H2,1-6H3/t23-,24-,25+,26+,28-,29?,30?,31?,32?,33+,34+,35+,36+,37+,38?,39+,40+,41+,42+,43+,44-,45-,46-,47-,48+,49+,50+,51+,52+,53+,54-,55-,56+,57+,58-,59+,60+,61+,62-,63-,64-,65-,66+,67-,68-,69+/m0/s1. The van der Waals surface area contributed by atoms with Crippen molar-refractivity contribution in [2.45, 2.75) is 332 Å². The molecule has 37 nitrogen and oxygen atoms in total. The maximum Gasteiger partial charge on any atom is 0.187 e. The second-order valence-corrected chi connectivity index (χ2v) is 32.3. The first-order chi connectivity index (χ1) is 50.1. The number of ether oxygens (including phenoxy) is 15. The van der Waals surface area contributed by atoms with Crippen molar-refractivity contribution in [3.8, 4) is 0 Å². The fourth-order valence-corrected chi connectivity index (χ4v) is 19.3. The first kappa shape index (κ1) is 83.7. The number of hydrogen-bond acceptors (Lipinski definition) is 37. The van der Waals surface area contributed by atoms with Crippen LogP contribution in [0.15, 0.2) is 11.6 Å². The third-order valence-corrected chi connectivity index (χ3v) is 25.8. The van der Waals surface area contributed by atoms with Crippen molar-refractivity contribution in [2.75, 3.05) is 39.6 Å². The predicted molar refractivity (Wildman–Crippen MR) is 347 cm³/mol. The van der Waals surface area contributed by atoms with Gasteiger partial charge in [-0.25, -0.2) is 0 Å². The number of aliphatic hydroxyl groups excluding tert-OH is 21. The molecule has 106 heavy (non-hydrogen) atoms. The van der Waals surface area contributed by atoms with Gasteiger partial charge in [0, 0.05) is 12.3 Å². The minimum absolute atomic E-state index is 0.0605. The third-order valence-electron chi connectivity index (χ3n) is 25.8. The fraction of sp³-hybridized carbons (Fsp3) is 0.971. The zero-order valence-electron chi connectivity index (χ0n) is 60.0. The topological polar surface area (TPSA) is 584 Å². The van der Waals surface area contributed by atoms with Crippen LogP contribution in [0, 0.1) is 46.3 Å². The Kier molecular flexibility index (Phi) is 26.5. The summed E-state index contributed by atoms with van der Waals surface area (Å²) in [5.74, 6) is -0.925. The maximum atomic E-state index is 12.3. The lowest BCUT2D eigenvalue weighted by Gasteiger charge is -2.58. The summed E-state index contributed by atoms with van der Waals surface area (Å²) in [6.45, 7) is 7.60. The first-order valence-corrected chi connectivity index (χ1v) is 37.3. The van der Waals surface area contributed by atoms with Crippen molar-refractivity contribution in [3.05, 3.63) is 11.6 Å². The lowest BCUT2D eigenvalue weighted by molar-refractivity contribution is -0.398. The van der Waals surface area contributed by atoms with E-state index in [2.05, 4.69) is 26.8 Å². The quantitative estimate of drug-likeness (QED) is 0.0423. The average Bonchev–Trinajstić information content (AvgIpc) is 1.52. The number of fused-ring (bicyclic) bond motifs is 7. The normalized spacial score (nSPS) is 55.1. The monoisotopic (exact) mass is 1530 g/mol. The summed E-state index contributed by atoms with van der Waals surface area (Å²) >= 11 is 0. The van der Waals surface area contributed by atoms with Gasteiger partial charge in [0.25, 0.3) is 0 Å². The lowest BCUT2D eigenvalue weighted by atomic mass is 9.47. The van der Waals surface area contributed by atoms with E-state index in [9.17, 15) is 112 Å². The minimum Gasteiger partial charge on any atom is -0.394 e. The molecule has 12 rings (SSSR count). The van der Waals surface area contributed by atoms with Crippen LogP contribution in [-0.2, 0) is 71.1 Å². The SMILES string of the molecule is C[C@@H](CC[C@@]1(O)OC2CC3C4CC=C5C[C@@H](O[C@@H]6O[C@H](CO)[C@@H](O)[C@H](O[C@@H]7O[C@H](CO)[C@@H](O)[C@H](O)[C@H]7O)[C@H]6O[C@@H]6O[C@H](CO[C@@H]7O[C@H](C)[C@@H](O[C@@H]8O[C@H](C)[C@@H](O[C@@H]9O[C@H](CO)[C@@H](O)[C@H](O)[C@H]9O)[C@H](O)[C@@H]8O)[C@H](O)[C@@H]7O)[C@@H](O)[C@H](O)[C@H]6O)CC[C@]5(C)C4CC[C@]3(C)C2[C@@H]1C)CO[C@@H]1O[C@H](CO)[C@@H](O)[C@H](O)[C@H]1O. The molecule has 0 aromatic heterocycles. The highest BCUT2D eigenvalue weighted by atomic mass is 16.8. The van der Waals surface area contributed by atoms with Gasteiger partial charge in [0.2, 0.25) is 0 Å². The second kappa shape index (κ2) is 33.6. The summed E-state index contributed by atoms with van der Waals surface area (Å²) in [5.41, 5.74) is 0.666. The molecular weight excluding hydrogens is 1420 g/mol. The van der Waals surface area contributed by atoms with Crippen molar-refractivity contribution in [3.63, 3.8) is 0 Å². The Hall–Kier alpha value is -1.74. The van der Waals surface area contributed by atoms with Gasteiger partial charge in [-0.15, -0.1) is 0 Å². The van der Waals surface area contributed by atoms with E-state index in [0.29, 0.717) is 32.1 Å². The van der Waals surface area contributed by atoms with E-state index in [0.717, 1.165) is 31.3 Å². The van der Waals surface area contributed by atoms with Crippen molar-refractivity contribution in [2.24, 2.45) is 46.3 Å². The number of allylic oxidation sites excluding steroid dienone is 1. The molecule has 612 valence electrons. The van der Waals surface area contributed by atoms with Gasteiger partial charge in [-0.2, -0.15) is 0 Å². The van der Waals surface area contributed by atoms with Gasteiger partial charge >= 0.3 is 0 Å². The highest BCUT2D eigenvalue weighted by Crippen LogP contribution is 2.70. The Balaban J connectivity index is 0.698. The van der Waals surface area contributed by atoms with E-state index < -0.39 is 260 Å². The molecule has 8 aliphatic heterocycles. The first-order valence-electron chi connectivity index (χ1n) is 37.3. The summed E-state index contributed by atoms with van der Waals surface area (Å²) in [6, 6.07) is 0. The van der Waals surface area contributed by atoms with Crippen LogP contribution >= 0.6 is 0 Å². The summed E-state index contributed by atoms with van der Waals surface area (Å²) in [6.07, 6.45) is -53.0. The molecule has 22 N–H and O–H groups in total. The van der Waals surface area contributed by atoms with Gasteiger partial charge in [-0.3, -0.25) is 0 Å². The van der Waals surface area contributed by atoms with Crippen molar-refractivity contribution >= 4 is 0 Å². The maximum absolute atomic E-state index is 12.3. The highest BCUT2D eigenvalue weighted by Gasteiger charge is 2.69. The zero-order chi connectivity index (χ0) is 76.8. The molecule has 12 aliphatic rings. The summed E-state index contributed by atoms with van der Waals surface area (Å²) < 4.78 is 90.3. The van der Waals surface area contributed by atoms with E-state index in [-0.39, 0.29) is 59.0 Å². The Labute approximate surface area is 611 Å². The van der Waals surface area contributed by atoms with Crippen LogP contribution in [0.4, 0.5) is 0 Å². The van der Waals surface area contributed by atoms with Crippen LogP contribution in [0.2, 0.25) is 0 Å². The van der Waals surface area contributed by atoms with Gasteiger partial charge in [0.1, 0.15) is 159 Å². The van der Waals surface area contributed by atoms with Crippen LogP contribution in [0.3, 0.4) is 0 Å². The number of rotatable bonds is 23. The van der Waals surface area contributed by atoms with Gasteiger partial charge < -0.3 is 183 Å². The van der Waals surface area contributed by atoms with E-state index in [4.69, 9.17) is 71.1 Å². The smallest absolute Gasteiger partial charge is 0.187 e. The molecule has 0 spiro atoms. The number of aliphatic hydroxyl groups is 22. The van der Waals surface area contributed by atoms with Crippen LogP contribution in [0.25, 0.3) is 0 Å². The molecule has 3 saturated carbocycles. The van der Waals surface area contributed by atoms with Crippen LogP contribution in [0.1, 0.15) is 99.3 Å². The predicted octanol–water partition coefficient (Wildman–Crippen LogP) is -8.51.